The molecule has 0 bridgehead atoms. The summed E-state index contributed by atoms with van der Waals surface area (Å²) in [6.07, 6.45) is 46.1. The van der Waals surface area contributed by atoms with Gasteiger partial charge in [0, 0.05) is 13.0 Å². The van der Waals surface area contributed by atoms with Gasteiger partial charge in [0.15, 0.2) is 0 Å². The molecule has 0 saturated heterocycles. The molecule has 0 radical (unpaired) electrons. The molecule has 2 unspecified atom stereocenters. The van der Waals surface area contributed by atoms with Crippen molar-refractivity contribution >= 4 is 13.8 Å². The number of hydrogen-bond donors (Lipinski definition) is 0. The van der Waals surface area contributed by atoms with E-state index in [9.17, 15) is 14.3 Å². The van der Waals surface area contributed by atoms with E-state index < -0.39 is 13.9 Å². The second-order valence-electron chi connectivity index (χ2n) is 17.1. The zero-order chi connectivity index (χ0) is 41.3. The van der Waals surface area contributed by atoms with Crippen LogP contribution in [0.5, 0.6) is 0 Å². The van der Waals surface area contributed by atoms with Crippen molar-refractivity contribution in [2.75, 3.05) is 54.1 Å². The Labute approximate surface area is 347 Å². The molecule has 0 N–H and O–H groups in total. The molecule has 0 aliphatic rings. The predicted octanol–water partition coefficient (Wildman–Crippen LogP) is 13.4. The van der Waals surface area contributed by atoms with Crippen LogP contribution < -0.4 is 4.89 Å². The number of hydrogen-bond acceptors (Lipinski definition) is 7. The molecule has 9 heteroatoms. The second-order valence-corrected chi connectivity index (χ2v) is 18.5. The van der Waals surface area contributed by atoms with Crippen molar-refractivity contribution in [1.29, 1.82) is 0 Å². The Morgan fingerprint density at radius 1 is 0.554 bits per heavy atom. The minimum Gasteiger partial charge on any atom is -0.756 e. The molecule has 0 amide bonds. The van der Waals surface area contributed by atoms with Crippen molar-refractivity contribution in [2.45, 2.75) is 219 Å². The Morgan fingerprint density at radius 3 is 1.48 bits per heavy atom. The highest BCUT2D eigenvalue weighted by Crippen LogP contribution is 2.38. The number of allylic oxidation sites excluding steroid dienone is 4. The first-order chi connectivity index (χ1) is 27.1. The lowest BCUT2D eigenvalue weighted by atomic mass is 10.0. The SMILES string of the molecule is CCCCC/C=C\C/C=C\CCCCCCCCOCC(COP(=O)([O-])OCC[N+](C)(C)C)OC(=O)CCCCCCCCCCCCCCCCCCCC. The highest BCUT2D eigenvalue weighted by molar-refractivity contribution is 7.45. The number of likely N-dealkylation sites (N-methyl/N-ethyl adjacent to an activating group) is 1. The molecule has 0 aromatic carbocycles. The number of nitrogens with zero attached hydrogens (tertiary/aromatic N) is 1. The number of ether oxygens (including phenoxy) is 2. The van der Waals surface area contributed by atoms with Gasteiger partial charge in [-0.05, 0) is 44.9 Å². The number of quaternary nitrogens is 1. The highest BCUT2D eigenvalue weighted by atomic mass is 31.2. The van der Waals surface area contributed by atoms with E-state index in [1.807, 2.05) is 21.1 Å². The fourth-order valence-corrected chi connectivity index (χ4v) is 7.31. The molecule has 0 aliphatic carbocycles. The maximum absolute atomic E-state index is 12.7. The van der Waals surface area contributed by atoms with Crippen LogP contribution in [0.25, 0.3) is 0 Å². The summed E-state index contributed by atoms with van der Waals surface area (Å²) in [6.45, 7) is 5.40. The van der Waals surface area contributed by atoms with Gasteiger partial charge in [-0.3, -0.25) is 9.36 Å². The molecule has 0 aromatic rings. The van der Waals surface area contributed by atoms with Crippen molar-refractivity contribution in [3.8, 4) is 0 Å². The number of carbonyl (C=O) groups is 1. The normalized spacial score (nSPS) is 13.9. The smallest absolute Gasteiger partial charge is 0.306 e. The number of unbranched alkanes of at least 4 members (excludes halogenated alkanes) is 26. The summed E-state index contributed by atoms with van der Waals surface area (Å²) in [5.41, 5.74) is 0. The molecule has 0 heterocycles. The quantitative estimate of drug-likeness (QED) is 0.0199. The first kappa shape index (κ1) is 55.0. The van der Waals surface area contributed by atoms with E-state index in [0.29, 0.717) is 24.1 Å². The van der Waals surface area contributed by atoms with Crippen LogP contribution in [0.1, 0.15) is 213 Å². The molecular formula is C47H92NO7P. The molecule has 8 nitrogen and oxygen atoms in total. The zero-order valence-electron chi connectivity index (χ0n) is 37.6. The van der Waals surface area contributed by atoms with Gasteiger partial charge in [-0.2, -0.15) is 0 Å². The molecule has 56 heavy (non-hydrogen) atoms. The minimum absolute atomic E-state index is 0.0259. The van der Waals surface area contributed by atoms with Gasteiger partial charge in [-0.1, -0.05) is 186 Å². The van der Waals surface area contributed by atoms with E-state index in [1.165, 1.54) is 148 Å². The summed E-state index contributed by atoms with van der Waals surface area (Å²) >= 11 is 0. The van der Waals surface area contributed by atoms with Gasteiger partial charge >= 0.3 is 5.97 Å². The standard InChI is InChI=1S/C47H92NO7P/c1-6-8-10-12-14-16-18-20-22-24-25-26-28-30-32-34-36-38-40-47(49)55-46(45-54-56(50,51)53-43-41-48(3,4)5)44-52-42-39-37-35-33-31-29-27-23-21-19-17-15-13-11-9-7-2/h15,17,21,23,46H,6-14,16,18-20,22,24-45H2,1-5H3/b17-15-,23-21-. The Balaban J connectivity index is 4.18. The average molecular weight is 814 g/mol. The monoisotopic (exact) mass is 814 g/mol. The zero-order valence-corrected chi connectivity index (χ0v) is 38.5. The maximum Gasteiger partial charge on any atom is 0.306 e. The number of phosphoric ester groups is 1. The van der Waals surface area contributed by atoms with Crippen LogP contribution in [-0.2, 0) is 27.9 Å². The van der Waals surface area contributed by atoms with Gasteiger partial charge in [0.2, 0.25) is 0 Å². The van der Waals surface area contributed by atoms with Crippen molar-refractivity contribution in [1.82, 2.24) is 0 Å². The van der Waals surface area contributed by atoms with Gasteiger partial charge in [0.05, 0.1) is 34.4 Å². The van der Waals surface area contributed by atoms with Crippen molar-refractivity contribution in [2.24, 2.45) is 0 Å². The fourth-order valence-electron chi connectivity index (χ4n) is 6.58. The number of rotatable bonds is 44. The first-order valence-electron chi connectivity index (χ1n) is 23.6. The molecule has 2 atom stereocenters. The van der Waals surface area contributed by atoms with Gasteiger partial charge in [-0.15, -0.1) is 0 Å². The van der Waals surface area contributed by atoms with E-state index in [4.69, 9.17) is 18.5 Å². The van der Waals surface area contributed by atoms with Crippen LogP contribution in [0.2, 0.25) is 0 Å². The Morgan fingerprint density at radius 2 is 0.982 bits per heavy atom. The number of esters is 1. The van der Waals surface area contributed by atoms with Gasteiger partial charge < -0.3 is 27.9 Å². The van der Waals surface area contributed by atoms with E-state index in [0.717, 1.165) is 44.9 Å². The molecule has 0 rings (SSSR count). The average Bonchev–Trinajstić information content (AvgIpc) is 3.15. The largest absolute Gasteiger partial charge is 0.756 e. The Hall–Kier alpha value is -1.02. The molecule has 0 aromatic heterocycles. The van der Waals surface area contributed by atoms with E-state index in [1.54, 1.807) is 0 Å². The van der Waals surface area contributed by atoms with E-state index in [-0.39, 0.29) is 25.8 Å². The lowest BCUT2D eigenvalue weighted by molar-refractivity contribution is -0.870. The molecular weight excluding hydrogens is 721 g/mol. The summed E-state index contributed by atoms with van der Waals surface area (Å²) in [7, 11) is 1.36. The lowest BCUT2D eigenvalue weighted by Crippen LogP contribution is -2.37. The number of phosphoric acid groups is 1. The predicted molar refractivity (Wildman–Crippen MR) is 236 cm³/mol. The third-order valence-electron chi connectivity index (χ3n) is 10.3. The third kappa shape index (κ3) is 44.1. The van der Waals surface area contributed by atoms with Crippen LogP contribution >= 0.6 is 7.82 Å². The first-order valence-corrected chi connectivity index (χ1v) is 25.0. The summed E-state index contributed by atoms with van der Waals surface area (Å²) in [6, 6.07) is 0. The van der Waals surface area contributed by atoms with Gasteiger partial charge in [0.1, 0.15) is 19.3 Å². The second kappa shape index (κ2) is 40.7. The van der Waals surface area contributed by atoms with Crippen molar-refractivity contribution in [3.63, 3.8) is 0 Å². The molecule has 0 fully saturated rings. The minimum atomic E-state index is -4.53. The maximum atomic E-state index is 12.7. The molecule has 332 valence electrons. The summed E-state index contributed by atoms with van der Waals surface area (Å²) in [4.78, 5) is 25.1. The van der Waals surface area contributed by atoms with Crippen molar-refractivity contribution < 1.29 is 37.3 Å². The topological polar surface area (TPSA) is 94.1 Å². The van der Waals surface area contributed by atoms with E-state index in [2.05, 4.69) is 38.2 Å². The van der Waals surface area contributed by atoms with Crippen molar-refractivity contribution in [3.05, 3.63) is 24.3 Å². The van der Waals surface area contributed by atoms with Gasteiger partial charge in [-0.25, -0.2) is 0 Å². The summed E-state index contributed by atoms with van der Waals surface area (Å²) < 4.78 is 34.6. The summed E-state index contributed by atoms with van der Waals surface area (Å²) in [5.74, 6) is -0.334. The molecule has 0 aliphatic heterocycles. The Kier molecular flexibility index (Phi) is 40.0. The fraction of sp³-hybridized carbons (Fsp3) is 0.894. The number of carbonyl (C=O) groups excluding carboxylic acids is 1. The van der Waals surface area contributed by atoms with Crippen LogP contribution in [0.3, 0.4) is 0 Å². The van der Waals surface area contributed by atoms with Crippen LogP contribution in [0.4, 0.5) is 0 Å². The summed E-state index contributed by atoms with van der Waals surface area (Å²) in [5, 5.41) is 0. The van der Waals surface area contributed by atoms with E-state index >= 15 is 0 Å². The molecule has 0 spiro atoms. The van der Waals surface area contributed by atoms with Gasteiger partial charge in [0.25, 0.3) is 7.82 Å². The lowest BCUT2D eigenvalue weighted by Gasteiger charge is -2.28. The van der Waals surface area contributed by atoms with Crippen LogP contribution in [0, 0.1) is 0 Å². The molecule has 0 saturated carbocycles. The highest BCUT2D eigenvalue weighted by Gasteiger charge is 2.20. The van der Waals surface area contributed by atoms with Crippen LogP contribution in [-0.4, -0.2) is 70.7 Å². The third-order valence-corrected chi connectivity index (χ3v) is 11.2. The Bertz CT molecular complexity index is 951. The van der Waals surface area contributed by atoms with Crippen LogP contribution in [0.15, 0.2) is 24.3 Å².